The summed E-state index contributed by atoms with van der Waals surface area (Å²) in [5, 5.41) is 2.39. The Morgan fingerprint density at radius 1 is 1.11 bits per heavy atom. The van der Waals surface area contributed by atoms with E-state index in [1.165, 1.54) is 4.90 Å². The van der Waals surface area contributed by atoms with Crippen molar-refractivity contribution in [3.8, 4) is 0 Å². The number of amides is 2. The third-order valence-electron chi connectivity index (χ3n) is 3.98. The molecular formula is C19H15Cl4N2O3. The number of alkyl carbamates (subject to hydrolysis) is 1. The number of carbonyl (C=O) groups is 2. The molecule has 0 aliphatic carbocycles. The minimum absolute atomic E-state index is 0.361. The van der Waals surface area contributed by atoms with Gasteiger partial charge < -0.3 is 10.1 Å². The van der Waals surface area contributed by atoms with Crippen molar-refractivity contribution in [3.05, 3.63) is 72.1 Å². The first-order valence-corrected chi connectivity index (χ1v) is 9.79. The van der Waals surface area contributed by atoms with Gasteiger partial charge in [-0.2, -0.15) is 0 Å². The van der Waals surface area contributed by atoms with E-state index in [-0.39, 0.29) is 5.91 Å². The Morgan fingerprint density at radius 3 is 2.39 bits per heavy atom. The van der Waals surface area contributed by atoms with Crippen LogP contribution in [0.25, 0.3) is 0 Å². The largest absolute Gasteiger partial charge is 0.445 e. The minimum Gasteiger partial charge on any atom is -0.445 e. The van der Waals surface area contributed by atoms with Gasteiger partial charge in [0.25, 0.3) is 5.91 Å². The zero-order valence-electron chi connectivity index (χ0n) is 14.3. The second-order valence-corrected chi connectivity index (χ2v) is 8.97. The highest BCUT2D eigenvalue weighted by Crippen LogP contribution is 2.35. The molecule has 2 aromatic carbocycles. The number of rotatable bonds is 5. The topological polar surface area (TPSA) is 58.6 Å². The van der Waals surface area contributed by atoms with Crippen LogP contribution in [0.5, 0.6) is 0 Å². The van der Waals surface area contributed by atoms with Crippen molar-refractivity contribution in [2.24, 2.45) is 0 Å². The van der Waals surface area contributed by atoms with Gasteiger partial charge in [0.2, 0.25) is 3.79 Å². The van der Waals surface area contributed by atoms with Gasteiger partial charge in [-0.25, -0.2) is 4.79 Å². The molecule has 2 atom stereocenters. The van der Waals surface area contributed by atoms with Crippen LogP contribution in [0.1, 0.15) is 11.1 Å². The maximum Gasteiger partial charge on any atom is 0.408 e. The Balaban J connectivity index is 1.68. The Bertz CT molecular complexity index is 858. The van der Waals surface area contributed by atoms with Crippen molar-refractivity contribution < 1.29 is 14.3 Å². The number of ether oxygens (including phenoxy) is 1. The minimum atomic E-state index is -1.74. The number of benzene rings is 2. The van der Waals surface area contributed by atoms with E-state index in [2.05, 4.69) is 5.32 Å². The van der Waals surface area contributed by atoms with E-state index in [1.807, 2.05) is 55.0 Å². The summed E-state index contributed by atoms with van der Waals surface area (Å²) in [7, 11) is 0. The van der Waals surface area contributed by atoms with Crippen molar-refractivity contribution in [2.75, 3.05) is 11.5 Å². The van der Waals surface area contributed by atoms with Crippen molar-refractivity contribution in [1.29, 1.82) is 0 Å². The zero-order valence-corrected chi connectivity index (χ0v) is 17.3. The molecule has 147 valence electrons. The van der Waals surface area contributed by atoms with Gasteiger partial charge in [-0.3, -0.25) is 9.69 Å². The van der Waals surface area contributed by atoms with Gasteiger partial charge in [-0.1, -0.05) is 94.9 Å². The van der Waals surface area contributed by atoms with E-state index < -0.39 is 28.0 Å². The number of para-hydroxylation sites is 1. The molecule has 9 heteroatoms. The molecule has 1 fully saturated rings. The number of β-lactam (4-membered cyclic amide) rings is 1. The zero-order chi connectivity index (χ0) is 20.3. The van der Waals surface area contributed by atoms with Crippen LogP contribution in [0.15, 0.2) is 54.6 Å². The summed E-state index contributed by atoms with van der Waals surface area (Å²) in [4.78, 5) is 25.8. The molecular weight excluding hydrogens is 446 g/mol. The summed E-state index contributed by atoms with van der Waals surface area (Å²) in [6.45, 7) is -0.448. The molecule has 0 unspecified atom stereocenters. The Hall–Kier alpha value is -1.66. The molecule has 1 N–H and O–H groups in total. The van der Waals surface area contributed by atoms with E-state index in [0.717, 1.165) is 11.1 Å². The van der Waals surface area contributed by atoms with Gasteiger partial charge in [0.1, 0.15) is 18.1 Å². The number of nitrogens with one attached hydrogen (secondary N) is 1. The molecule has 5 nitrogen and oxygen atoms in total. The molecule has 1 heterocycles. The first kappa shape index (κ1) is 21.1. The van der Waals surface area contributed by atoms with Gasteiger partial charge >= 0.3 is 6.09 Å². The molecule has 28 heavy (non-hydrogen) atoms. The highest BCUT2D eigenvalue weighted by atomic mass is 35.6. The number of alkyl halides is 4. The lowest BCUT2D eigenvalue weighted by molar-refractivity contribution is -0.125. The lowest BCUT2D eigenvalue weighted by Gasteiger charge is -2.44. The van der Waals surface area contributed by atoms with Crippen LogP contribution in [0.4, 0.5) is 10.5 Å². The van der Waals surface area contributed by atoms with Crippen molar-refractivity contribution in [3.63, 3.8) is 0 Å². The molecule has 0 spiro atoms. The fourth-order valence-electron chi connectivity index (χ4n) is 2.71. The van der Waals surface area contributed by atoms with Gasteiger partial charge in [0, 0.05) is 12.1 Å². The van der Waals surface area contributed by atoms with E-state index in [9.17, 15) is 9.59 Å². The maximum absolute atomic E-state index is 12.6. The maximum atomic E-state index is 12.6. The standard InChI is InChI=1S/C19H15Cl4N2O3/c20-16-15(24-18(27)28-11-19(21,22)23)17(26)25(16)14-9-5-4-8-13(14)10-12-6-2-1-3-7-12/h1-10,15-16H,11H2,(H,24,27)/t15-,16+/m1/s1. The summed E-state index contributed by atoms with van der Waals surface area (Å²) in [5.41, 5.74) is 1.67. The molecule has 0 aromatic heterocycles. The van der Waals surface area contributed by atoms with Crippen LogP contribution in [0.2, 0.25) is 0 Å². The van der Waals surface area contributed by atoms with Crippen LogP contribution in [-0.4, -0.2) is 33.9 Å². The fraction of sp³-hybridized carbons (Fsp3) is 0.211. The van der Waals surface area contributed by atoms with E-state index in [0.29, 0.717) is 5.69 Å². The van der Waals surface area contributed by atoms with E-state index in [4.69, 9.17) is 51.1 Å². The molecule has 0 saturated carbocycles. The Labute approximate surface area is 182 Å². The summed E-state index contributed by atoms with van der Waals surface area (Å²) < 4.78 is 3.04. The normalized spacial score (nSPS) is 19.1. The average molecular weight is 461 g/mol. The first-order chi connectivity index (χ1) is 13.3. The third-order valence-corrected chi connectivity index (χ3v) is 4.76. The quantitative estimate of drug-likeness (QED) is 0.401. The molecule has 1 aliphatic heterocycles. The molecule has 2 amide bonds. The summed E-state index contributed by atoms with van der Waals surface area (Å²) in [5.74, 6) is -0.361. The Kier molecular flexibility index (Phi) is 6.61. The second-order valence-electron chi connectivity index (χ2n) is 6.01. The Morgan fingerprint density at radius 2 is 1.75 bits per heavy atom. The molecule has 1 saturated heterocycles. The van der Waals surface area contributed by atoms with Crippen LogP contribution >= 0.6 is 46.4 Å². The number of hydrogen-bond acceptors (Lipinski definition) is 3. The molecule has 0 bridgehead atoms. The van der Waals surface area contributed by atoms with Crippen molar-refractivity contribution in [2.45, 2.75) is 15.3 Å². The summed E-state index contributed by atoms with van der Waals surface area (Å²) >= 11 is 22.9. The first-order valence-electron chi connectivity index (χ1n) is 8.22. The highest BCUT2D eigenvalue weighted by Gasteiger charge is 2.49. The predicted octanol–water partition coefficient (Wildman–Crippen LogP) is 4.66. The van der Waals surface area contributed by atoms with E-state index in [1.54, 1.807) is 6.07 Å². The molecule has 3 rings (SSSR count). The number of halogens is 4. The van der Waals surface area contributed by atoms with Crippen LogP contribution < -0.4 is 10.2 Å². The lowest BCUT2D eigenvalue weighted by atomic mass is 9.99. The molecule has 1 radical (unpaired) electrons. The number of nitrogens with zero attached hydrogens (tertiary/aromatic N) is 1. The van der Waals surface area contributed by atoms with Crippen LogP contribution in [0, 0.1) is 6.42 Å². The second kappa shape index (κ2) is 8.78. The van der Waals surface area contributed by atoms with Gasteiger partial charge in [-0.15, -0.1) is 0 Å². The molecule has 1 aliphatic rings. The van der Waals surface area contributed by atoms with Crippen LogP contribution in [0.3, 0.4) is 0 Å². The smallest absolute Gasteiger partial charge is 0.408 e. The van der Waals surface area contributed by atoms with Gasteiger partial charge in [0.15, 0.2) is 0 Å². The fourth-order valence-corrected chi connectivity index (χ4v) is 3.25. The number of hydrogen-bond donors (Lipinski definition) is 1. The van der Waals surface area contributed by atoms with Crippen molar-refractivity contribution >= 4 is 64.1 Å². The predicted molar refractivity (Wildman–Crippen MR) is 111 cm³/mol. The van der Waals surface area contributed by atoms with E-state index >= 15 is 0 Å². The summed E-state index contributed by atoms with van der Waals surface area (Å²) in [6.07, 6.45) is 1.06. The van der Waals surface area contributed by atoms with Crippen molar-refractivity contribution in [1.82, 2.24) is 5.32 Å². The van der Waals surface area contributed by atoms with Gasteiger partial charge in [0.05, 0.1) is 0 Å². The number of carbonyl (C=O) groups excluding carboxylic acids is 2. The number of anilines is 1. The third kappa shape index (κ3) is 5.03. The average Bonchev–Trinajstić information content (AvgIpc) is 2.66. The molecule has 2 aromatic rings. The van der Waals surface area contributed by atoms with Crippen LogP contribution in [-0.2, 0) is 9.53 Å². The monoisotopic (exact) mass is 459 g/mol. The summed E-state index contributed by atoms with van der Waals surface area (Å²) in [6, 6.07) is 16.1. The van der Waals surface area contributed by atoms with Gasteiger partial charge in [-0.05, 0) is 17.2 Å². The lowest BCUT2D eigenvalue weighted by Crippen LogP contribution is -2.69. The highest BCUT2D eigenvalue weighted by molar-refractivity contribution is 6.67. The SMILES string of the molecule is O=C(N[C@H]1C(=O)N(c2ccccc2[CH]c2ccccc2)[C@@H]1Cl)OCC(Cl)(Cl)Cl.